The van der Waals surface area contributed by atoms with E-state index in [1.165, 1.54) is 81.5 Å². The van der Waals surface area contributed by atoms with Gasteiger partial charge in [-0.05, 0) is 63.2 Å². The summed E-state index contributed by atoms with van der Waals surface area (Å²) in [5.41, 5.74) is 4.22. The minimum absolute atomic E-state index is 0.261. The van der Waals surface area contributed by atoms with Gasteiger partial charge < -0.3 is 20.0 Å². The second-order valence-corrected chi connectivity index (χ2v) is 14.2. The summed E-state index contributed by atoms with van der Waals surface area (Å²) in [6.45, 7) is 48.9. The lowest BCUT2D eigenvalue weighted by atomic mass is 9.86. The van der Waals surface area contributed by atoms with Crippen molar-refractivity contribution in [1.29, 1.82) is 0 Å². The molecule has 46 heavy (non-hydrogen) atoms. The van der Waals surface area contributed by atoms with Crippen molar-refractivity contribution in [3.63, 3.8) is 0 Å². The van der Waals surface area contributed by atoms with Crippen LogP contribution in [0, 0.1) is 23.2 Å². The third-order valence-electron chi connectivity index (χ3n) is 10.3. The molecule has 4 nitrogen and oxygen atoms in total. The van der Waals surface area contributed by atoms with Gasteiger partial charge in [-0.1, -0.05) is 134 Å². The molecule has 1 N–H and O–H groups in total. The molecule has 272 valence electrons. The summed E-state index contributed by atoms with van der Waals surface area (Å²) in [7, 11) is 0. The number of rotatable bonds is 22. The Hall–Kier alpha value is -1.68. The molecule has 0 spiro atoms. The number of nitrogens with one attached hydrogen (secondary N) is 1. The fraction of sp³-hybridized carbons (Fsp3) is 0.810. The monoisotopic (exact) mass is 645 g/mol. The van der Waals surface area contributed by atoms with Crippen molar-refractivity contribution in [2.45, 2.75) is 147 Å². The molecule has 0 radical (unpaired) electrons. The van der Waals surface area contributed by atoms with Crippen LogP contribution in [-0.4, -0.2) is 67.1 Å². The lowest BCUT2D eigenvalue weighted by Crippen LogP contribution is -2.45. The van der Waals surface area contributed by atoms with Gasteiger partial charge in [0, 0.05) is 74.9 Å². The third-order valence-corrected chi connectivity index (χ3v) is 10.3. The van der Waals surface area contributed by atoms with Crippen LogP contribution in [0.15, 0.2) is 49.0 Å². The largest absolute Gasteiger partial charge is 0.375 e. The van der Waals surface area contributed by atoms with Crippen LogP contribution >= 0.6 is 0 Å². The van der Waals surface area contributed by atoms with Crippen LogP contribution < -0.4 is 5.32 Å². The van der Waals surface area contributed by atoms with Gasteiger partial charge in [-0.15, -0.1) is 0 Å². The minimum atomic E-state index is 0.261. The molecule has 0 amide bonds. The molecule has 0 aromatic heterocycles. The first-order valence-corrected chi connectivity index (χ1v) is 19.5. The molecular formula is C42H84N4. The molecule has 0 aromatic carbocycles. The number of hydrogen-bond acceptors (Lipinski definition) is 4. The SMILES string of the molecule is C=C(C(C)C(C)CC)N(CC)CC/C=C/CCCC.C=C(C(C)CC)N(CCC)CCCC.C=C(N1CCNCC1)C(C)(C)CC. The zero-order valence-electron chi connectivity index (χ0n) is 33.6. The maximum atomic E-state index is 4.32. The molecule has 0 saturated carbocycles. The van der Waals surface area contributed by atoms with Gasteiger partial charge in [0.15, 0.2) is 0 Å². The standard InChI is InChI=1S/C18H35N.C13H27N.C11H22N2/c1-7-10-11-12-13-14-15-19(9-3)18(6)17(5)16(4)8-2;1-6-9-11-14(10-7-2)13(5)12(4)8-3;1-5-11(3,4)10(2)13-8-6-12-7-9-13/h12-13,16-17H,6-11,14-15H2,1-5H3;12H,5-11H2,1-4H3;12H,2,5-9H2,1,3-4H3/b13-12+;;. The molecule has 1 aliphatic heterocycles. The van der Waals surface area contributed by atoms with E-state index in [0.717, 1.165) is 58.0 Å². The first-order valence-electron chi connectivity index (χ1n) is 19.5. The van der Waals surface area contributed by atoms with Crippen molar-refractivity contribution in [2.24, 2.45) is 23.2 Å². The Morgan fingerprint density at radius 2 is 1.33 bits per heavy atom. The van der Waals surface area contributed by atoms with Crippen molar-refractivity contribution in [1.82, 2.24) is 20.0 Å². The molecule has 0 bridgehead atoms. The molecule has 0 aliphatic carbocycles. The van der Waals surface area contributed by atoms with Crippen LogP contribution in [0.2, 0.25) is 0 Å². The highest BCUT2D eigenvalue weighted by Crippen LogP contribution is 2.31. The van der Waals surface area contributed by atoms with E-state index in [9.17, 15) is 0 Å². The summed E-state index contributed by atoms with van der Waals surface area (Å²) >= 11 is 0. The summed E-state index contributed by atoms with van der Waals surface area (Å²) in [5.74, 6) is 1.95. The van der Waals surface area contributed by atoms with Crippen molar-refractivity contribution in [3.05, 3.63) is 49.0 Å². The minimum Gasteiger partial charge on any atom is -0.375 e. The van der Waals surface area contributed by atoms with Crippen molar-refractivity contribution in [2.75, 3.05) is 52.4 Å². The second-order valence-electron chi connectivity index (χ2n) is 14.2. The van der Waals surface area contributed by atoms with Gasteiger partial charge >= 0.3 is 0 Å². The Balaban J connectivity index is 0. The summed E-state index contributed by atoms with van der Waals surface area (Å²) in [6, 6.07) is 0. The van der Waals surface area contributed by atoms with E-state index in [4.69, 9.17) is 0 Å². The molecule has 1 heterocycles. The van der Waals surface area contributed by atoms with E-state index in [-0.39, 0.29) is 5.41 Å². The van der Waals surface area contributed by atoms with Crippen LogP contribution in [0.5, 0.6) is 0 Å². The average Bonchev–Trinajstić information content (AvgIpc) is 3.08. The summed E-state index contributed by atoms with van der Waals surface area (Å²) in [4.78, 5) is 7.33. The zero-order chi connectivity index (χ0) is 35.5. The lowest BCUT2D eigenvalue weighted by Gasteiger charge is -2.38. The van der Waals surface area contributed by atoms with E-state index < -0.39 is 0 Å². The highest BCUT2D eigenvalue weighted by Gasteiger charge is 2.24. The topological polar surface area (TPSA) is 21.8 Å². The fourth-order valence-corrected chi connectivity index (χ4v) is 5.39. The first-order chi connectivity index (χ1) is 21.8. The Kier molecular flexibility index (Phi) is 28.6. The molecule has 3 unspecified atom stereocenters. The number of unbranched alkanes of at least 4 members (excludes halogenated alkanes) is 3. The smallest absolute Gasteiger partial charge is 0.0300 e. The Labute approximate surface area is 291 Å². The number of hydrogen-bond donors (Lipinski definition) is 1. The summed E-state index contributed by atoms with van der Waals surface area (Å²) in [6.07, 6.45) is 17.0. The lowest BCUT2D eigenvalue weighted by molar-refractivity contribution is 0.227. The van der Waals surface area contributed by atoms with E-state index >= 15 is 0 Å². The first kappa shape index (κ1) is 46.4. The van der Waals surface area contributed by atoms with Crippen molar-refractivity contribution >= 4 is 0 Å². The van der Waals surface area contributed by atoms with Gasteiger partial charge in [0.2, 0.25) is 0 Å². The van der Waals surface area contributed by atoms with Gasteiger partial charge in [0.05, 0.1) is 0 Å². The van der Waals surface area contributed by atoms with Crippen LogP contribution in [0.25, 0.3) is 0 Å². The van der Waals surface area contributed by atoms with Crippen LogP contribution in [0.4, 0.5) is 0 Å². The number of nitrogens with zero attached hydrogens (tertiary/aromatic N) is 3. The van der Waals surface area contributed by atoms with E-state index in [1.807, 2.05) is 0 Å². The van der Waals surface area contributed by atoms with E-state index in [1.54, 1.807) is 0 Å². The predicted octanol–water partition coefficient (Wildman–Crippen LogP) is 11.5. The van der Waals surface area contributed by atoms with Crippen molar-refractivity contribution in [3.8, 4) is 0 Å². The van der Waals surface area contributed by atoms with Crippen LogP contribution in [-0.2, 0) is 0 Å². The third kappa shape index (κ3) is 19.9. The number of piperazine rings is 1. The summed E-state index contributed by atoms with van der Waals surface area (Å²) < 4.78 is 0. The van der Waals surface area contributed by atoms with Crippen LogP contribution in [0.1, 0.15) is 147 Å². The van der Waals surface area contributed by atoms with E-state index in [0.29, 0.717) is 11.8 Å². The normalized spacial score (nSPS) is 15.2. The summed E-state index contributed by atoms with van der Waals surface area (Å²) in [5, 5.41) is 3.36. The van der Waals surface area contributed by atoms with Gasteiger partial charge in [-0.25, -0.2) is 0 Å². The zero-order valence-corrected chi connectivity index (χ0v) is 33.6. The maximum Gasteiger partial charge on any atom is 0.0300 e. The Morgan fingerprint density at radius 1 is 0.739 bits per heavy atom. The van der Waals surface area contributed by atoms with Gasteiger partial charge in [-0.3, -0.25) is 0 Å². The van der Waals surface area contributed by atoms with Gasteiger partial charge in [0.1, 0.15) is 0 Å². The average molecular weight is 645 g/mol. The Bertz CT molecular complexity index is 791. The molecule has 0 aromatic rings. The molecule has 1 aliphatic rings. The quantitative estimate of drug-likeness (QED) is 0.0935. The highest BCUT2D eigenvalue weighted by atomic mass is 15.2. The molecular weight excluding hydrogens is 560 g/mol. The molecule has 1 rings (SSSR count). The number of allylic oxidation sites excluding steroid dienone is 4. The predicted molar refractivity (Wildman–Crippen MR) is 211 cm³/mol. The van der Waals surface area contributed by atoms with Crippen molar-refractivity contribution < 1.29 is 0 Å². The van der Waals surface area contributed by atoms with E-state index in [2.05, 4.69) is 135 Å². The van der Waals surface area contributed by atoms with Gasteiger partial charge in [0.25, 0.3) is 0 Å². The molecule has 3 atom stereocenters. The maximum absolute atomic E-state index is 4.32. The highest BCUT2D eigenvalue weighted by molar-refractivity contribution is 5.07. The Morgan fingerprint density at radius 3 is 1.80 bits per heavy atom. The second kappa shape index (κ2) is 28.3. The fourth-order valence-electron chi connectivity index (χ4n) is 5.39. The molecule has 1 saturated heterocycles. The van der Waals surface area contributed by atoms with Gasteiger partial charge in [-0.2, -0.15) is 0 Å². The molecule has 1 fully saturated rings. The molecule has 4 heteroatoms. The van der Waals surface area contributed by atoms with Crippen LogP contribution in [0.3, 0.4) is 0 Å².